The van der Waals surface area contributed by atoms with E-state index in [1.807, 2.05) is 25.1 Å². The van der Waals surface area contributed by atoms with Crippen LogP contribution in [0.5, 0.6) is 0 Å². The number of nitrogens with zero attached hydrogens (tertiary/aromatic N) is 1. The zero-order valence-corrected chi connectivity index (χ0v) is 10.3. The molecule has 0 saturated carbocycles. The number of benzene rings is 1. The number of pyridine rings is 1. The Morgan fingerprint density at radius 2 is 2.00 bits per heavy atom. The number of rotatable bonds is 3. The van der Waals surface area contributed by atoms with Crippen LogP contribution in [0.25, 0.3) is 10.9 Å². The van der Waals surface area contributed by atoms with E-state index < -0.39 is 11.9 Å². The average Bonchev–Trinajstić information content (AvgIpc) is 2.37. The van der Waals surface area contributed by atoms with Crippen LogP contribution in [0, 0.1) is 6.92 Å². The van der Waals surface area contributed by atoms with Crippen LogP contribution in [-0.4, -0.2) is 22.0 Å². The van der Waals surface area contributed by atoms with Gasteiger partial charge in [0.2, 0.25) is 5.91 Å². The van der Waals surface area contributed by atoms with E-state index in [0.29, 0.717) is 11.2 Å². The minimum Gasteiger partial charge on any atom is -0.478 e. The number of carbonyl (C=O) groups is 2. The first kappa shape index (κ1) is 12.8. The number of aromatic nitrogens is 1. The van der Waals surface area contributed by atoms with Gasteiger partial charge in [0.1, 0.15) is 0 Å². The molecule has 0 bridgehead atoms. The summed E-state index contributed by atoms with van der Waals surface area (Å²) < 4.78 is 0. The van der Waals surface area contributed by atoms with Gasteiger partial charge in [0.05, 0.1) is 11.2 Å². The molecule has 0 aliphatic rings. The third-order valence-corrected chi connectivity index (χ3v) is 2.49. The molecule has 19 heavy (non-hydrogen) atoms. The molecule has 1 aromatic carbocycles. The number of carbonyl (C=O) groups excluding carboxylic acids is 1. The first-order valence-electron chi connectivity index (χ1n) is 5.64. The number of carboxylic acids is 1. The molecule has 1 aromatic heterocycles. The van der Waals surface area contributed by atoms with E-state index >= 15 is 0 Å². The Kier molecular flexibility index (Phi) is 3.56. The number of fused-ring (bicyclic) bond motifs is 1. The van der Waals surface area contributed by atoms with Gasteiger partial charge in [-0.15, -0.1) is 0 Å². The summed E-state index contributed by atoms with van der Waals surface area (Å²) in [7, 11) is 0. The molecule has 0 saturated heterocycles. The molecule has 0 spiro atoms. The molecule has 5 heteroatoms. The maximum Gasteiger partial charge on any atom is 0.328 e. The SMILES string of the molecule is Cc1ccc2cccc(NC(=O)C=CC(=O)O)c2n1. The fourth-order valence-corrected chi connectivity index (χ4v) is 1.67. The van der Waals surface area contributed by atoms with Crippen LogP contribution in [0.4, 0.5) is 5.69 Å². The van der Waals surface area contributed by atoms with Gasteiger partial charge in [-0.05, 0) is 19.1 Å². The molecule has 0 aliphatic heterocycles. The Morgan fingerprint density at radius 1 is 1.21 bits per heavy atom. The number of carboxylic acid groups (broad SMARTS) is 1. The Labute approximate surface area is 109 Å². The Hall–Kier alpha value is -2.69. The number of hydrogen-bond acceptors (Lipinski definition) is 3. The summed E-state index contributed by atoms with van der Waals surface area (Å²) in [4.78, 5) is 26.3. The van der Waals surface area contributed by atoms with E-state index in [1.165, 1.54) is 0 Å². The van der Waals surface area contributed by atoms with Gasteiger partial charge in [-0.3, -0.25) is 9.78 Å². The van der Waals surface area contributed by atoms with Crippen LogP contribution in [0.3, 0.4) is 0 Å². The van der Waals surface area contributed by atoms with Gasteiger partial charge in [0.15, 0.2) is 0 Å². The van der Waals surface area contributed by atoms with Gasteiger partial charge in [-0.25, -0.2) is 4.79 Å². The van der Waals surface area contributed by atoms with E-state index in [-0.39, 0.29) is 0 Å². The minimum atomic E-state index is -1.16. The maximum absolute atomic E-state index is 11.6. The minimum absolute atomic E-state index is 0.502. The lowest BCUT2D eigenvalue weighted by atomic mass is 10.1. The lowest BCUT2D eigenvalue weighted by Gasteiger charge is -2.06. The highest BCUT2D eigenvalue weighted by Crippen LogP contribution is 2.21. The van der Waals surface area contributed by atoms with Crippen LogP contribution < -0.4 is 5.32 Å². The summed E-state index contributed by atoms with van der Waals surface area (Å²) >= 11 is 0. The first-order valence-corrected chi connectivity index (χ1v) is 5.64. The zero-order valence-electron chi connectivity index (χ0n) is 10.3. The van der Waals surface area contributed by atoms with Gasteiger partial charge in [-0.1, -0.05) is 18.2 Å². The molecule has 0 aliphatic carbocycles. The second kappa shape index (κ2) is 5.30. The number of anilines is 1. The highest BCUT2D eigenvalue weighted by molar-refractivity contribution is 6.06. The normalized spacial score (nSPS) is 10.8. The Morgan fingerprint density at radius 3 is 2.74 bits per heavy atom. The van der Waals surface area contributed by atoms with Crippen LogP contribution >= 0.6 is 0 Å². The molecule has 0 radical (unpaired) electrons. The van der Waals surface area contributed by atoms with Crippen LogP contribution in [0.2, 0.25) is 0 Å². The van der Waals surface area contributed by atoms with E-state index in [4.69, 9.17) is 5.11 Å². The number of hydrogen-bond donors (Lipinski definition) is 2. The van der Waals surface area contributed by atoms with Crippen molar-refractivity contribution >= 4 is 28.5 Å². The van der Waals surface area contributed by atoms with Gasteiger partial charge < -0.3 is 10.4 Å². The predicted molar refractivity (Wildman–Crippen MR) is 71.9 cm³/mol. The molecule has 0 fully saturated rings. The monoisotopic (exact) mass is 256 g/mol. The van der Waals surface area contributed by atoms with Crippen molar-refractivity contribution in [1.82, 2.24) is 4.98 Å². The van der Waals surface area contributed by atoms with Gasteiger partial charge in [0, 0.05) is 23.2 Å². The van der Waals surface area contributed by atoms with Crippen molar-refractivity contribution in [3.05, 3.63) is 48.2 Å². The van der Waals surface area contributed by atoms with Crippen LogP contribution in [0.1, 0.15) is 5.69 Å². The topological polar surface area (TPSA) is 79.3 Å². The number of aryl methyl sites for hydroxylation is 1. The van der Waals surface area contributed by atoms with Gasteiger partial charge in [0.25, 0.3) is 0 Å². The number of para-hydroxylation sites is 1. The summed E-state index contributed by atoms with van der Waals surface area (Å²) in [5.74, 6) is -1.67. The van der Waals surface area contributed by atoms with E-state index in [2.05, 4.69) is 10.3 Å². The van der Waals surface area contributed by atoms with E-state index in [1.54, 1.807) is 12.1 Å². The predicted octanol–water partition coefficient (Wildman–Crippen LogP) is 2.12. The Bertz CT molecular complexity index is 677. The molecule has 0 unspecified atom stereocenters. The summed E-state index contributed by atoms with van der Waals surface area (Å²) in [6, 6.07) is 9.22. The lowest BCUT2D eigenvalue weighted by molar-refractivity contribution is -0.131. The second-order valence-corrected chi connectivity index (χ2v) is 3.99. The molecular formula is C14H12N2O3. The highest BCUT2D eigenvalue weighted by atomic mass is 16.4. The number of amides is 1. The first-order chi connectivity index (χ1) is 9.06. The molecular weight excluding hydrogens is 244 g/mol. The smallest absolute Gasteiger partial charge is 0.328 e. The number of aliphatic carboxylic acids is 1. The molecule has 1 amide bonds. The largest absolute Gasteiger partial charge is 0.478 e. The van der Waals surface area contributed by atoms with E-state index in [0.717, 1.165) is 23.2 Å². The molecule has 0 atom stereocenters. The van der Waals surface area contributed by atoms with Crippen molar-refractivity contribution < 1.29 is 14.7 Å². The number of nitrogens with one attached hydrogen (secondary N) is 1. The molecule has 2 N–H and O–H groups in total. The van der Waals surface area contributed by atoms with Crippen molar-refractivity contribution in [2.45, 2.75) is 6.92 Å². The van der Waals surface area contributed by atoms with Crippen molar-refractivity contribution in [2.75, 3.05) is 5.32 Å². The third-order valence-electron chi connectivity index (χ3n) is 2.49. The van der Waals surface area contributed by atoms with Crippen molar-refractivity contribution in [2.24, 2.45) is 0 Å². The summed E-state index contributed by atoms with van der Waals surface area (Å²) in [5.41, 5.74) is 2.08. The fraction of sp³-hybridized carbons (Fsp3) is 0.0714. The Balaban J connectivity index is 2.32. The zero-order chi connectivity index (χ0) is 13.8. The molecule has 5 nitrogen and oxygen atoms in total. The molecule has 1 heterocycles. The maximum atomic E-state index is 11.6. The summed E-state index contributed by atoms with van der Waals surface area (Å²) in [6.45, 7) is 1.86. The summed E-state index contributed by atoms with van der Waals surface area (Å²) in [5, 5.41) is 12.0. The average molecular weight is 256 g/mol. The quantitative estimate of drug-likeness (QED) is 0.824. The summed E-state index contributed by atoms with van der Waals surface area (Å²) in [6.07, 6.45) is 1.76. The van der Waals surface area contributed by atoms with Gasteiger partial charge in [-0.2, -0.15) is 0 Å². The fourth-order valence-electron chi connectivity index (χ4n) is 1.67. The standard InChI is InChI=1S/C14H12N2O3/c1-9-5-6-10-3-2-4-11(14(10)15-9)16-12(17)7-8-13(18)19/h2-8H,1H3,(H,16,17)(H,18,19). The molecule has 2 rings (SSSR count). The van der Waals surface area contributed by atoms with Crippen molar-refractivity contribution in [1.29, 1.82) is 0 Å². The lowest BCUT2D eigenvalue weighted by Crippen LogP contribution is -2.09. The van der Waals surface area contributed by atoms with Crippen molar-refractivity contribution in [3.8, 4) is 0 Å². The van der Waals surface area contributed by atoms with Crippen molar-refractivity contribution in [3.63, 3.8) is 0 Å². The molecule has 96 valence electrons. The van der Waals surface area contributed by atoms with Crippen LogP contribution in [-0.2, 0) is 9.59 Å². The second-order valence-electron chi connectivity index (χ2n) is 3.99. The highest BCUT2D eigenvalue weighted by Gasteiger charge is 2.05. The third kappa shape index (κ3) is 3.16. The van der Waals surface area contributed by atoms with Gasteiger partial charge >= 0.3 is 5.97 Å². The molecule has 2 aromatic rings. The van der Waals surface area contributed by atoms with E-state index in [9.17, 15) is 9.59 Å². The van der Waals surface area contributed by atoms with Crippen LogP contribution in [0.15, 0.2) is 42.5 Å².